The van der Waals surface area contributed by atoms with Gasteiger partial charge in [-0.2, -0.15) is 0 Å². The first-order valence-electron chi connectivity index (χ1n) is 6.55. The van der Waals surface area contributed by atoms with E-state index in [2.05, 4.69) is 53.5 Å². The second kappa shape index (κ2) is 11.4. The summed E-state index contributed by atoms with van der Waals surface area (Å²) in [7, 11) is -0.750. The van der Waals surface area contributed by atoms with Gasteiger partial charge in [0.25, 0.3) is 0 Å². The Balaban J connectivity index is 0.000000205. The van der Waals surface area contributed by atoms with Crippen LogP contribution in [0.2, 0.25) is 0 Å². The van der Waals surface area contributed by atoms with Crippen molar-refractivity contribution in [2.24, 2.45) is 0 Å². The van der Waals surface area contributed by atoms with Gasteiger partial charge in [-0.3, -0.25) is 4.98 Å². The fraction of sp³-hybridized carbons (Fsp3) is 0. The molecule has 0 aliphatic carbocycles. The Morgan fingerprint density at radius 1 is 0.571 bits per heavy atom. The highest BCUT2D eigenvalue weighted by molar-refractivity contribution is 6.13. The Labute approximate surface area is 125 Å². The molecule has 0 spiro atoms. The molecule has 0 bridgehead atoms. The van der Waals surface area contributed by atoms with Gasteiger partial charge in [0.15, 0.2) is 0 Å². The summed E-state index contributed by atoms with van der Waals surface area (Å²) in [5, 5.41) is 14.2. The minimum absolute atomic E-state index is 0.750. The lowest BCUT2D eigenvalue weighted by atomic mass is 10.1. The van der Waals surface area contributed by atoms with Gasteiger partial charge in [0.05, 0.1) is 0 Å². The number of nitrogens with zero attached hydrogens (tertiary/aromatic N) is 1. The molecule has 3 nitrogen and oxygen atoms in total. The van der Waals surface area contributed by atoms with Gasteiger partial charge in [-0.15, -0.1) is 0 Å². The monoisotopic (exact) mass is 279 g/mol. The third kappa shape index (κ3) is 7.67. The first-order valence-corrected chi connectivity index (χ1v) is 6.55. The molecule has 1 aromatic heterocycles. The van der Waals surface area contributed by atoms with Gasteiger partial charge >= 0.3 is 7.69 Å². The Morgan fingerprint density at radius 3 is 1.14 bits per heavy atom. The maximum atomic E-state index is 7.12. The number of pyridine rings is 1. The zero-order chi connectivity index (χ0) is 15.2. The Bertz CT molecular complexity index is 498. The molecule has 3 aromatic rings. The van der Waals surface area contributed by atoms with Crippen LogP contribution in [0.25, 0.3) is 11.1 Å². The highest BCUT2D eigenvalue weighted by atomic mass is 16.4. The van der Waals surface area contributed by atoms with Crippen LogP contribution < -0.4 is 0 Å². The largest absolute Gasteiger partial charge is 0.432 e. The molecular weight excluding hydrogens is 261 g/mol. The van der Waals surface area contributed by atoms with Crippen molar-refractivity contribution in [3.8, 4) is 11.1 Å². The van der Waals surface area contributed by atoms with Gasteiger partial charge in [0.2, 0.25) is 0 Å². The minimum Gasteiger partial charge on any atom is -0.430 e. The SMILES string of the molecule is OBO.c1ccc(-c2ccccc2)cc1.c1ccncc1. The van der Waals surface area contributed by atoms with E-state index in [1.54, 1.807) is 12.4 Å². The van der Waals surface area contributed by atoms with E-state index in [0.29, 0.717) is 0 Å². The van der Waals surface area contributed by atoms with E-state index in [1.165, 1.54) is 11.1 Å². The lowest BCUT2D eigenvalue weighted by Crippen LogP contribution is -1.75. The molecule has 0 saturated carbocycles. The van der Waals surface area contributed by atoms with Crippen molar-refractivity contribution in [2.75, 3.05) is 0 Å². The van der Waals surface area contributed by atoms with Crippen LogP contribution in [0, 0.1) is 0 Å². The predicted octanol–water partition coefficient (Wildman–Crippen LogP) is 2.67. The van der Waals surface area contributed by atoms with Gasteiger partial charge in [-0.25, -0.2) is 0 Å². The van der Waals surface area contributed by atoms with E-state index in [9.17, 15) is 0 Å². The topological polar surface area (TPSA) is 53.4 Å². The standard InChI is InChI=1S/C12H10.C5H5N.BH3O2/c1-3-7-11(8-4-1)12-9-5-2-6-10-12;1-2-4-6-5-3-1;2-1-3/h1-10H;1-5H;1-3H. The smallest absolute Gasteiger partial charge is 0.430 e. The van der Waals surface area contributed by atoms with E-state index < -0.39 is 7.69 Å². The lowest BCUT2D eigenvalue weighted by Gasteiger charge is -1.98. The summed E-state index contributed by atoms with van der Waals surface area (Å²) in [5.41, 5.74) is 2.55. The normalized spacial score (nSPS) is 8.48. The molecule has 2 aromatic carbocycles. The van der Waals surface area contributed by atoms with Crippen molar-refractivity contribution in [3.05, 3.63) is 91.3 Å². The second-order valence-electron chi connectivity index (χ2n) is 3.90. The van der Waals surface area contributed by atoms with E-state index >= 15 is 0 Å². The van der Waals surface area contributed by atoms with Crippen molar-refractivity contribution >= 4 is 7.69 Å². The second-order valence-corrected chi connectivity index (χ2v) is 3.90. The Morgan fingerprint density at radius 2 is 0.905 bits per heavy atom. The third-order valence-electron chi connectivity index (χ3n) is 2.45. The summed E-state index contributed by atoms with van der Waals surface area (Å²) in [6.07, 6.45) is 3.50. The van der Waals surface area contributed by atoms with E-state index in [0.717, 1.165) is 0 Å². The number of hydrogen-bond donors (Lipinski definition) is 2. The number of rotatable bonds is 1. The van der Waals surface area contributed by atoms with Gasteiger partial charge in [0.1, 0.15) is 0 Å². The average molecular weight is 279 g/mol. The zero-order valence-electron chi connectivity index (χ0n) is 11.7. The quantitative estimate of drug-likeness (QED) is 0.673. The summed E-state index contributed by atoms with van der Waals surface area (Å²) in [6, 6.07) is 26.5. The van der Waals surface area contributed by atoms with Crippen LogP contribution in [-0.4, -0.2) is 22.7 Å². The van der Waals surface area contributed by atoms with Crippen LogP contribution in [0.4, 0.5) is 0 Å². The van der Waals surface area contributed by atoms with Crippen LogP contribution in [0.1, 0.15) is 0 Å². The van der Waals surface area contributed by atoms with Crippen LogP contribution in [-0.2, 0) is 0 Å². The zero-order valence-corrected chi connectivity index (χ0v) is 11.7. The number of aromatic nitrogens is 1. The molecule has 3 rings (SSSR count). The maximum absolute atomic E-state index is 7.12. The summed E-state index contributed by atoms with van der Waals surface area (Å²) < 4.78 is 0. The van der Waals surface area contributed by atoms with Gasteiger partial charge in [0, 0.05) is 12.4 Å². The lowest BCUT2D eigenvalue weighted by molar-refractivity contribution is 0.448. The molecule has 0 atom stereocenters. The molecular formula is C17H18BNO2. The Hall–Kier alpha value is -2.43. The molecule has 2 N–H and O–H groups in total. The van der Waals surface area contributed by atoms with Crippen molar-refractivity contribution < 1.29 is 10.0 Å². The average Bonchev–Trinajstić information content (AvgIpc) is 2.59. The summed E-state index contributed by atoms with van der Waals surface area (Å²) in [6.45, 7) is 0. The third-order valence-corrected chi connectivity index (χ3v) is 2.45. The first kappa shape index (κ1) is 16.6. The fourth-order valence-electron chi connectivity index (χ4n) is 1.57. The van der Waals surface area contributed by atoms with Gasteiger partial charge < -0.3 is 10.0 Å². The van der Waals surface area contributed by atoms with Crippen molar-refractivity contribution in [1.29, 1.82) is 0 Å². The molecule has 0 radical (unpaired) electrons. The molecule has 1 heterocycles. The van der Waals surface area contributed by atoms with Gasteiger partial charge in [-0.05, 0) is 23.3 Å². The van der Waals surface area contributed by atoms with Crippen LogP contribution in [0.3, 0.4) is 0 Å². The predicted molar refractivity (Wildman–Crippen MR) is 87.7 cm³/mol. The van der Waals surface area contributed by atoms with Crippen LogP contribution >= 0.6 is 0 Å². The van der Waals surface area contributed by atoms with Crippen LogP contribution in [0.5, 0.6) is 0 Å². The number of benzene rings is 2. The molecule has 21 heavy (non-hydrogen) atoms. The first-order chi connectivity index (χ1) is 10.4. The molecule has 0 amide bonds. The molecule has 0 aliphatic rings. The van der Waals surface area contributed by atoms with Crippen molar-refractivity contribution in [1.82, 2.24) is 4.98 Å². The van der Waals surface area contributed by atoms with E-state index in [1.807, 2.05) is 30.3 Å². The molecule has 0 unspecified atom stereocenters. The molecule has 0 aliphatic heterocycles. The van der Waals surface area contributed by atoms with E-state index in [4.69, 9.17) is 10.0 Å². The van der Waals surface area contributed by atoms with Crippen molar-refractivity contribution in [3.63, 3.8) is 0 Å². The van der Waals surface area contributed by atoms with Crippen LogP contribution in [0.15, 0.2) is 91.3 Å². The molecule has 0 saturated heterocycles. The minimum atomic E-state index is -0.750. The Kier molecular flexibility index (Phi) is 9.03. The number of hydrogen-bond acceptors (Lipinski definition) is 3. The fourth-order valence-corrected chi connectivity index (χ4v) is 1.57. The molecule has 4 heteroatoms. The van der Waals surface area contributed by atoms with E-state index in [-0.39, 0.29) is 0 Å². The highest BCUT2D eigenvalue weighted by Gasteiger charge is 1.91. The molecule has 0 fully saturated rings. The summed E-state index contributed by atoms with van der Waals surface area (Å²) >= 11 is 0. The highest BCUT2D eigenvalue weighted by Crippen LogP contribution is 2.17. The molecule has 106 valence electrons. The van der Waals surface area contributed by atoms with Gasteiger partial charge in [-0.1, -0.05) is 66.7 Å². The maximum Gasteiger partial charge on any atom is 0.432 e. The summed E-state index contributed by atoms with van der Waals surface area (Å²) in [5.74, 6) is 0. The summed E-state index contributed by atoms with van der Waals surface area (Å²) in [4.78, 5) is 3.78. The van der Waals surface area contributed by atoms with Crippen molar-refractivity contribution in [2.45, 2.75) is 0 Å².